The summed E-state index contributed by atoms with van der Waals surface area (Å²) in [5.41, 5.74) is 5.69. The summed E-state index contributed by atoms with van der Waals surface area (Å²) >= 11 is 0. The Morgan fingerprint density at radius 2 is 1.53 bits per heavy atom. The predicted molar refractivity (Wildman–Crippen MR) is 74.1 cm³/mol. The van der Waals surface area contributed by atoms with Gasteiger partial charge in [-0.3, -0.25) is 0 Å². The zero-order valence-electron chi connectivity index (χ0n) is 11.4. The summed E-state index contributed by atoms with van der Waals surface area (Å²) in [6.45, 7) is 3.47. The third-order valence-corrected chi connectivity index (χ3v) is 4.71. The fraction of sp³-hybridized carbons (Fsp3) is 1.00. The molecule has 0 aliphatic heterocycles. The van der Waals surface area contributed by atoms with Crippen LogP contribution >= 0.6 is 0 Å². The second-order valence-electron chi connectivity index (χ2n) is 6.08. The lowest BCUT2D eigenvalue weighted by Gasteiger charge is -2.36. The number of hydrogen-bond acceptors (Lipinski definition) is 2. The van der Waals surface area contributed by atoms with E-state index in [2.05, 4.69) is 4.90 Å². The first kappa shape index (κ1) is 13.4. The van der Waals surface area contributed by atoms with Crippen LogP contribution in [0.15, 0.2) is 0 Å². The molecule has 17 heavy (non-hydrogen) atoms. The van der Waals surface area contributed by atoms with E-state index in [9.17, 15) is 0 Å². The zero-order valence-corrected chi connectivity index (χ0v) is 11.4. The molecule has 0 spiro atoms. The summed E-state index contributed by atoms with van der Waals surface area (Å²) in [6, 6.07) is 0.885. The molecule has 2 saturated carbocycles. The van der Waals surface area contributed by atoms with E-state index in [-0.39, 0.29) is 0 Å². The summed E-state index contributed by atoms with van der Waals surface area (Å²) in [7, 11) is 0. The molecule has 2 heteroatoms. The SMILES string of the molecule is NCCCN(CC1CCCC1)C1CCCCC1. The van der Waals surface area contributed by atoms with Crippen LogP contribution in [-0.4, -0.2) is 30.6 Å². The molecule has 0 aromatic rings. The summed E-state index contributed by atoms with van der Waals surface area (Å²) in [5.74, 6) is 0.995. The molecule has 2 aliphatic rings. The minimum Gasteiger partial charge on any atom is -0.330 e. The van der Waals surface area contributed by atoms with Gasteiger partial charge in [-0.1, -0.05) is 32.1 Å². The smallest absolute Gasteiger partial charge is 0.00953 e. The highest BCUT2D eigenvalue weighted by Crippen LogP contribution is 2.29. The molecule has 2 nitrogen and oxygen atoms in total. The van der Waals surface area contributed by atoms with Crippen LogP contribution in [0.2, 0.25) is 0 Å². The molecule has 0 atom stereocenters. The molecule has 2 N–H and O–H groups in total. The minimum atomic E-state index is 0.855. The highest BCUT2D eigenvalue weighted by molar-refractivity contribution is 4.79. The topological polar surface area (TPSA) is 29.3 Å². The Balaban J connectivity index is 1.81. The quantitative estimate of drug-likeness (QED) is 0.770. The fourth-order valence-corrected chi connectivity index (χ4v) is 3.69. The average Bonchev–Trinajstić information content (AvgIpc) is 2.88. The Hall–Kier alpha value is -0.0800. The Labute approximate surface area is 107 Å². The molecule has 0 heterocycles. The Morgan fingerprint density at radius 1 is 0.882 bits per heavy atom. The Morgan fingerprint density at radius 3 is 2.18 bits per heavy atom. The molecule has 2 rings (SSSR count). The van der Waals surface area contributed by atoms with E-state index in [4.69, 9.17) is 5.73 Å². The maximum Gasteiger partial charge on any atom is 0.00953 e. The largest absolute Gasteiger partial charge is 0.330 e. The predicted octanol–water partition coefficient (Wildman–Crippen LogP) is 3.16. The van der Waals surface area contributed by atoms with Crippen LogP contribution in [-0.2, 0) is 0 Å². The minimum absolute atomic E-state index is 0.855. The van der Waals surface area contributed by atoms with Crippen molar-refractivity contribution in [2.45, 2.75) is 70.3 Å². The lowest BCUT2D eigenvalue weighted by molar-refractivity contribution is 0.133. The number of hydrogen-bond donors (Lipinski definition) is 1. The molecule has 0 amide bonds. The molecule has 2 fully saturated rings. The van der Waals surface area contributed by atoms with Crippen molar-refractivity contribution in [1.29, 1.82) is 0 Å². The maximum absolute atomic E-state index is 5.69. The van der Waals surface area contributed by atoms with Crippen molar-refractivity contribution in [3.05, 3.63) is 0 Å². The van der Waals surface area contributed by atoms with E-state index in [1.54, 1.807) is 0 Å². The van der Waals surface area contributed by atoms with E-state index in [1.807, 2.05) is 0 Å². The van der Waals surface area contributed by atoms with Gasteiger partial charge in [0.25, 0.3) is 0 Å². The standard InChI is InChI=1S/C15H30N2/c16-11-6-12-17(13-14-7-4-5-8-14)15-9-2-1-3-10-15/h14-15H,1-13,16H2. The van der Waals surface area contributed by atoms with Crippen LogP contribution in [0.1, 0.15) is 64.2 Å². The zero-order chi connectivity index (χ0) is 11.9. The van der Waals surface area contributed by atoms with Gasteiger partial charge in [-0.25, -0.2) is 0 Å². The lowest BCUT2D eigenvalue weighted by atomic mass is 9.93. The average molecular weight is 238 g/mol. The van der Waals surface area contributed by atoms with Crippen molar-refractivity contribution >= 4 is 0 Å². The summed E-state index contributed by atoms with van der Waals surface area (Å²) < 4.78 is 0. The van der Waals surface area contributed by atoms with Gasteiger partial charge in [0.15, 0.2) is 0 Å². The van der Waals surface area contributed by atoms with E-state index in [0.29, 0.717) is 0 Å². The van der Waals surface area contributed by atoms with Gasteiger partial charge in [0.2, 0.25) is 0 Å². The Bertz CT molecular complexity index is 193. The molecule has 0 unspecified atom stereocenters. The molecule has 0 aromatic carbocycles. The summed E-state index contributed by atoms with van der Waals surface area (Å²) in [4.78, 5) is 2.79. The van der Waals surface area contributed by atoms with Crippen LogP contribution < -0.4 is 5.73 Å². The number of nitrogens with zero attached hydrogens (tertiary/aromatic N) is 1. The molecule has 0 saturated heterocycles. The molecule has 100 valence electrons. The van der Waals surface area contributed by atoms with Gasteiger partial charge in [0, 0.05) is 12.6 Å². The van der Waals surface area contributed by atoms with Crippen LogP contribution in [0.25, 0.3) is 0 Å². The number of rotatable bonds is 6. The van der Waals surface area contributed by atoms with Crippen LogP contribution in [0.5, 0.6) is 0 Å². The second kappa shape index (κ2) is 7.38. The molecule has 0 aromatic heterocycles. The van der Waals surface area contributed by atoms with Crippen molar-refractivity contribution in [1.82, 2.24) is 4.90 Å². The van der Waals surface area contributed by atoms with Crippen LogP contribution in [0.4, 0.5) is 0 Å². The van der Waals surface area contributed by atoms with Crippen molar-refractivity contribution in [2.24, 2.45) is 11.7 Å². The van der Waals surface area contributed by atoms with Crippen molar-refractivity contribution in [2.75, 3.05) is 19.6 Å². The summed E-state index contributed by atoms with van der Waals surface area (Å²) in [5, 5.41) is 0. The van der Waals surface area contributed by atoms with Crippen molar-refractivity contribution < 1.29 is 0 Å². The fourth-order valence-electron chi connectivity index (χ4n) is 3.69. The Kier molecular flexibility index (Phi) is 5.79. The monoisotopic (exact) mass is 238 g/mol. The molecular formula is C15H30N2. The second-order valence-corrected chi connectivity index (χ2v) is 6.08. The maximum atomic E-state index is 5.69. The van der Waals surface area contributed by atoms with E-state index in [0.717, 1.165) is 18.5 Å². The normalized spacial score (nSPS) is 23.6. The highest BCUT2D eigenvalue weighted by Gasteiger charge is 2.24. The van der Waals surface area contributed by atoms with Gasteiger partial charge in [0.1, 0.15) is 0 Å². The van der Waals surface area contributed by atoms with E-state index >= 15 is 0 Å². The van der Waals surface area contributed by atoms with Crippen LogP contribution in [0.3, 0.4) is 0 Å². The van der Waals surface area contributed by atoms with Crippen molar-refractivity contribution in [3.8, 4) is 0 Å². The van der Waals surface area contributed by atoms with Crippen LogP contribution in [0, 0.1) is 5.92 Å². The van der Waals surface area contributed by atoms with E-state index in [1.165, 1.54) is 77.3 Å². The molecular weight excluding hydrogens is 208 g/mol. The van der Waals surface area contributed by atoms with Gasteiger partial charge in [-0.05, 0) is 51.1 Å². The van der Waals surface area contributed by atoms with Gasteiger partial charge < -0.3 is 10.6 Å². The first-order valence-electron chi connectivity index (χ1n) is 7.84. The van der Waals surface area contributed by atoms with Gasteiger partial charge >= 0.3 is 0 Å². The van der Waals surface area contributed by atoms with Gasteiger partial charge in [0.05, 0.1) is 0 Å². The third-order valence-electron chi connectivity index (χ3n) is 4.71. The third kappa shape index (κ3) is 4.26. The highest BCUT2D eigenvalue weighted by atomic mass is 15.2. The molecule has 2 aliphatic carbocycles. The molecule has 0 radical (unpaired) electrons. The molecule has 0 bridgehead atoms. The summed E-state index contributed by atoms with van der Waals surface area (Å²) in [6.07, 6.45) is 14.3. The first-order valence-corrected chi connectivity index (χ1v) is 7.84. The van der Waals surface area contributed by atoms with E-state index < -0.39 is 0 Å². The van der Waals surface area contributed by atoms with Crippen molar-refractivity contribution in [3.63, 3.8) is 0 Å². The number of nitrogens with two attached hydrogens (primary N) is 1. The van der Waals surface area contributed by atoms with Gasteiger partial charge in [-0.15, -0.1) is 0 Å². The van der Waals surface area contributed by atoms with Gasteiger partial charge in [-0.2, -0.15) is 0 Å². The first-order chi connectivity index (χ1) is 8.40. The lowest BCUT2D eigenvalue weighted by Crippen LogP contribution is -2.40.